The number of benzene rings is 3. The second-order valence-electron chi connectivity index (χ2n) is 9.01. The predicted molar refractivity (Wildman–Crippen MR) is 136 cm³/mol. The zero-order valence-electron chi connectivity index (χ0n) is 19.3. The third-order valence-corrected chi connectivity index (χ3v) is 6.87. The van der Waals surface area contributed by atoms with Gasteiger partial charge in [-0.1, -0.05) is 36.4 Å². The van der Waals surface area contributed by atoms with E-state index < -0.39 is 5.63 Å². The summed E-state index contributed by atoms with van der Waals surface area (Å²) in [6, 6.07) is 26.6. The molecule has 2 heterocycles. The number of nitrogens with zero attached hydrogens (tertiary/aromatic N) is 2. The third kappa shape index (κ3) is 3.59. The van der Waals surface area contributed by atoms with Crippen molar-refractivity contribution < 1.29 is 9.15 Å². The van der Waals surface area contributed by atoms with Gasteiger partial charge >= 0.3 is 5.63 Å². The van der Waals surface area contributed by atoms with Gasteiger partial charge in [-0.3, -0.25) is 0 Å². The van der Waals surface area contributed by atoms with E-state index in [-0.39, 0.29) is 5.92 Å². The van der Waals surface area contributed by atoms with Crippen LogP contribution in [0.4, 0.5) is 0 Å². The van der Waals surface area contributed by atoms with Crippen LogP contribution in [0.3, 0.4) is 0 Å². The number of allylic oxidation sites excluding steroid dienone is 2. The van der Waals surface area contributed by atoms with E-state index in [1.54, 1.807) is 30.3 Å². The molecule has 0 N–H and O–H groups in total. The molecule has 5 nitrogen and oxygen atoms in total. The van der Waals surface area contributed by atoms with Gasteiger partial charge in [0.15, 0.2) is 0 Å². The van der Waals surface area contributed by atoms with Crippen LogP contribution in [0.5, 0.6) is 5.75 Å². The smallest absolute Gasteiger partial charge is 0.344 e. The molecule has 5 heteroatoms. The van der Waals surface area contributed by atoms with E-state index in [1.807, 2.05) is 42.5 Å². The highest BCUT2D eigenvalue weighted by Gasteiger charge is 2.37. The van der Waals surface area contributed by atoms with Crippen molar-refractivity contribution in [3.8, 4) is 17.9 Å². The Morgan fingerprint density at radius 1 is 0.861 bits per heavy atom. The maximum Gasteiger partial charge on any atom is 0.344 e. The Bertz CT molecular complexity index is 1710. The highest BCUT2D eigenvalue weighted by atomic mass is 16.5. The Morgan fingerprint density at radius 3 is 2.28 bits per heavy atom. The molecule has 1 aliphatic carbocycles. The minimum Gasteiger partial charge on any atom is -0.456 e. The average Bonchev–Trinajstić information content (AvgIpc) is 2.93. The molecule has 0 saturated carbocycles. The van der Waals surface area contributed by atoms with Crippen LogP contribution in [0.1, 0.15) is 53.0 Å². The molecular formula is C31H20N2O3. The van der Waals surface area contributed by atoms with Crippen LogP contribution in [0.2, 0.25) is 0 Å². The summed E-state index contributed by atoms with van der Waals surface area (Å²) in [5.74, 6) is 0.993. The van der Waals surface area contributed by atoms with Crippen molar-refractivity contribution in [2.45, 2.75) is 25.2 Å². The Morgan fingerprint density at radius 2 is 1.56 bits per heavy atom. The largest absolute Gasteiger partial charge is 0.456 e. The quantitative estimate of drug-likeness (QED) is 0.310. The van der Waals surface area contributed by atoms with Crippen molar-refractivity contribution in [1.29, 1.82) is 10.5 Å². The first-order valence-corrected chi connectivity index (χ1v) is 11.8. The molecule has 4 aromatic rings. The summed E-state index contributed by atoms with van der Waals surface area (Å²) in [5, 5.41) is 19.2. The molecule has 1 aliphatic heterocycles. The van der Waals surface area contributed by atoms with Crippen molar-refractivity contribution in [3.05, 3.63) is 128 Å². The summed E-state index contributed by atoms with van der Waals surface area (Å²) >= 11 is 0. The molecule has 1 unspecified atom stereocenters. The maximum absolute atomic E-state index is 13.3. The fourth-order valence-corrected chi connectivity index (χ4v) is 5.19. The van der Waals surface area contributed by atoms with Crippen LogP contribution in [0.15, 0.2) is 98.9 Å². The highest BCUT2D eigenvalue weighted by molar-refractivity contribution is 5.86. The van der Waals surface area contributed by atoms with Gasteiger partial charge in [-0.15, -0.1) is 0 Å². The second kappa shape index (κ2) is 8.73. The van der Waals surface area contributed by atoms with Crippen molar-refractivity contribution in [2.24, 2.45) is 0 Å². The Labute approximate surface area is 207 Å². The number of para-hydroxylation sites is 1. The van der Waals surface area contributed by atoms with Crippen molar-refractivity contribution >= 4 is 17.0 Å². The lowest BCUT2D eigenvalue weighted by atomic mass is 9.76. The van der Waals surface area contributed by atoms with Crippen molar-refractivity contribution in [2.75, 3.05) is 0 Å². The predicted octanol–water partition coefficient (Wildman–Crippen LogP) is 6.58. The first-order chi connectivity index (χ1) is 17.7. The summed E-state index contributed by atoms with van der Waals surface area (Å²) in [5.41, 5.74) is 5.76. The molecule has 1 aromatic heterocycles. The van der Waals surface area contributed by atoms with Gasteiger partial charge < -0.3 is 9.15 Å². The molecular weight excluding hydrogens is 448 g/mol. The lowest BCUT2D eigenvalue weighted by molar-refractivity contribution is 0.381. The summed E-state index contributed by atoms with van der Waals surface area (Å²) in [7, 11) is 0. The summed E-state index contributed by atoms with van der Waals surface area (Å²) in [6.45, 7) is 0. The average molecular weight is 469 g/mol. The van der Waals surface area contributed by atoms with E-state index in [1.165, 1.54) is 0 Å². The fourth-order valence-electron chi connectivity index (χ4n) is 5.19. The Hall–Kier alpha value is -4.87. The Balaban J connectivity index is 1.58. The highest BCUT2D eigenvalue weighted by Crippen LogP contribution is 2.50. The van der Waals surface area contributed by atoms with Crippen molar-refractivity contribution in [3.63, 3.8) is 0 Å². The van der Waals surface area contributed by atoms with E-state index in [0.29, 0.717) is 28.0 Å². The van der Waals surface area contributed by atoms with Gasteiger partial charge in [-0.2, -0.15) is 10.5 Å². The molecule has 0 saturated heterocycles. The number of nitriles is 2. The number of fused-ring (bicyclic) bond motifs is 3. The molecule has 6 rings (SSSR count). The Kier molecular flexibility index (Phi) is 5.25. The van der Waals surface area contributed by atoms with E-state index >= 15 is 0 Å². The maximum atomic E-state index is 13.3. The van der Waals surface area contributed by atoms with E-state index in [0.717, 1.165) is 52.7 Å². The summed E-state index contributed by atoms with van der Waals surface area (Å²) < 4.78 is 12.3. The van der Waals surface area contributed by atoms with Crippen LogP contribution in [-0.4, -0.2) is 0 Å². The molecule has 0 bridgehead atoms. The van der Waals surface area contributed by atoms with Gasteiger partial charge in [-0.05, 0) is 84.0 Å². The number of ether oxygens (including phenoxy) is 1. The molecule has 2 aliphatic rings. The van der Waals surface area contributed by atoms with Crippen LogP contribution >= 0.6 is 0 Å². The van der Waals surface area contributed by atoms with Crippen LogP contribution in [0, 0.1) is 22.7 Å². The van der Waals surface area contributed by atoms with E-state index in [4.69, 9.17) is 14.4 Å². The minimum absolute atomic E-state index is 0.331. The van der Waals surface area contributed by atoms with Gasteiger partial charge in [0.1, 0.15) is 17.1 Å². The van der Waals surface area contributed by atoms with Gasteiger partial charge in [-0.25, -0.2) is 4.79 Å². The second-order valence-corrected chi connectivity index (χ2v) is 9.01. The number of rotatable bonds is 2. The minimum atomic E-state index is -0.409. The standard InChI is InChI=1S/C31H20N2O3/c32-17-20-10-8-19(9-11-20)16-23-4-3-6-25-27(22-14-12-21(18-33)13-15-22)28-30(36-29(23)25)24-5-1-2-7-26(24)35-31(28)34/h1-2,5,7-16,27H,3-4,6H2/b23-16+. The molecule has 3 aromatic carbocycles. The first kappa shape index (κ1) is 21.6. The molecule has 1 atom stereocenters. The van der Waals surface area contributed by atoms with Gasteiger partial charge in [0.05, 0.1) is 34.2 Å². The van der Waals surface area contributed by atoms with Crippen LogP contribution < -0.4 is 10.4 Å². The zero-order valence-corrected chi connectivity index (χ0v) is 19.3. The number of hydrogen-bond acceptors (Lipinski definition) is 5. The van der Waals surface area contributed by atoms with Gasteiger partial charge in [0.2, 0.25) is 0 Å². The molecule has 36 heavy (non-hydrogen) atoms. The van der Waals surface area contributed by atoms with Crippen LogP contribution in [0.25, 0.3) is 17.0 Å². The topological polar surface area (TPSA) is 87.0 Å². The first-order valence-electron chi connectivity index (χ1n) is 11.8. The summed E-state index contributed by atoms with van der Waals surface area (Å²) in [6.07, 6.45) is 4.65. The SMILES string of the molecule is N#Cc1ccc(/C=C2\CCCC3=C2Oc2c(c(=O)oc4ccccc24)C3c2ccc(C#N)cc2)cc1. The van der Waals surface area contributed by atoms with Gasteiger partial charge in [0, 0.05) is 5.92 Å². The molecule has 0 amide bonds. The summed E-state index contributed by atoms with van der Waals surface area (Å²) in [4.78, 5) is 13.3. The molecule has 0 radical (unpaired) electrons. The lowest BCUT2D eigenvalue weighted by Crippen LogP contribution is -2.26. The van der Waals surface area contributed by atoms with E-state index in [9.17, 15) is 10.1 Å². The van der Waals surface area contributed by atoms with Crippen LogP contribution in [-0.2, 0) is 0 Å². The number of hydrogen-bond donors (Lipinski definition) is 0. The molecule has 0 fully saturated rings. The monoisotopic (exact) mass is 468 g/mol. The van der Waals surface area contributed by atoms with Crippen molar-refractivity contribution in [1.82, 2.24) is 0 Å². The third-order valence-electron chi connectivity index (χ3n) is 6.87. The van der Waals surface area contributed by atoms with Gasteiger partial charge in [0.25, 0.3) is 0 Å². The molecule has 172 valence electrons. The fraction of sp³-hybridized carbons (Fsp3) is 0.129. The van der Waals surface area contributed by atoms with E-state index in [2.05, 4.69) is 18.2 Å². The zero-order chi connectivity index (χ0) is 24.6. The lowest BCUT2D eigenvalue weighted by Gasteiger charge is -2.34. The normalized spacial score (nSPS) is 17.6. The molecule has 0 spiro atoms.